The third-order valence-corrected chi connectivity index (χ3v) is 5.05. The molecule has 4 heteroatoms. The van der Waals surface area contributed by atoms with Gasteiger partial charge in [-0.25, -0.2) is 0 Å². The van der Waals surface area contributed by atoms with Crippen molar-refractivity contribution in [2.45, 2.75) is 58.2 Å². The molecule has 2 atom stereocenters. The molecule has 1 aliphatic carbocycles. The molecule has 0 unspecified atom stereocenters. The van der Waals surface area contributed by atoms with Gasteiger partial charge in [0.15, 0.2) is 0 Å². The number of hydrogen-bond donors (Lipinski definition) is 0. The van der Waals surface area contributed by atoms with Crippen LogP contribution in [0.15, 0.2) is 23.8 Å². The maximum absolute atomic E-state index is 12.5. The van der Waals surface area contributed by atoms with E-state index in [1.54, 1.807) is 20.3 Å². The number of aryl methyl sites for hydroxylation is 1. The van der Waals surface area contributed by atoms with E-state index in [1.807, 2.05) is 12.1 Å². The highest BCUT2D eigenvalue weighted by Crippen LogP contribution is 2.45. The van der Waals surface area contributed by atoms with E-state index in [0.717, 1.165) is 31.2 Å². The molecule has 0 N–H and O–H groups in total. The van der Waals surface area contributed by atoms with Gasteiger partial charge in [-0.1, -0.05) is 31.4 Å². The summed E-state index contributed by atoms with van der Waals surface area (Å²) in [6.07, 6.45) is 6.69. The molecule has 2 rings (SSSR count). The SMILES string of the molecule is [2H]C([2H])([2H])C1=C[C@@H](c2c(OC)cc(CCCCC)cc2OC)[C@H](C(=O)OC)CC1. The molecule has 0 bridgehead atoms. The van der Waals surface area contributed by atoms with Crippen molar-refractivity contribution < 1.29 is 23.1 Å². The number of rotatable bonds is 8. The maximum atomic E-state index is 12.5. The van der Waals surface area contributed by atoms with Crippen molar-refractivity contribution in [2.75, 3.05) is 21.3 Å². The monoisotopic (exact) mass is 363 g/mol. The number of esters is 1. The number of ether oxygens (including phenoxy) is 3. The lowest BCUT2D eigenvalue weighted by Gasteiger charge is -2.30. The molecule has 26 heavy (non-hydrogen) atoms. The van der Waals surface area contributed by atoms with Crippen LogP contribution in [0, 0.1) is 5.92 Å². The molecule has 0 saturated carbocycles. The minimum absolute atomic E-state index is 0.340. The predicted octanol–water partition coefficient (Wildman–Crippen LogP) is 5.05. The van der Waals surface area contributed by atoms with Crippen molar-refractivity contribution in [3.8, 4) is 11.5 Å². The van der Waals surface area contributed by atoms with Gasteiger partial charge in [-0.2, -0.15) is 0 Å². The molecule has 1 aromatic rings. The quantitative estimate of drug-likeness (QED) is 0.368. The minimum Gasteiger partial charge on any atom is -0.496 e. The lowest BCUT2D eigenvalue weighted by molar-refractivity contribution is -0.146. The van der Waals surface area contributed by atoms with E-state index in [0.29, 0.717) is 35.5 Å². The summed E-state index contributed by atoms with van der Waals surface area (Å²) in [4.78, 5) is 12.5. The molecular formula is C22H32O4. The summed E-state index contributed by atoms with van der Waals surface area (Å²) in [5, 5.41) is 0. The van der Waals surface area contributed by atoms with Gasteiger partial charge in [0, 0.05) is 15.6 Å². The van der Waals surface area contributed by atoms with Gasteiger partial charge in [-0.15, -0.1) is 0 Å². The fraction of sp³-hybridized carbons (Fsp3) is 0.591. The summed E-state index contributed by atoms with van der Waals surface area (Å²) in [6, 6.07) is 3.94. The molecule has 4 nitrogen and oxygen atoms in total. The lowest BCUT2D eigenvalue weighted by Crippen LogP contribution is -2.26. The molecule has 1 aliphatic rings. The third kappa shape index (κ3) is 4.60. The second-order valence-corrected chi connectivity index (χ2v) is 6.76. The zero-order chi connectivity index (χ0) is 21.6. The Morgan fingerprint density at radius 3 is 2.42 bits per heavy atom. The largest absolute Gasteiger partial charge is 0.496 e. The topological polar surface area (TPSA) is 44.8 Å². The van der Waals surface area contributed by atoms with Crippen LogP contribution >= 0.6 is 0 Å². The van der Waals surface area contributed by atoms with Crippen LogP contribution in [0.25, 0.3) is 0 Å². The van der Waals surface area contributed by atoms with Gasteiger partial charge in [-0.3, -0.25) is 4.79 Å². The van der Waals surface area contributed by atoms with Crippen LogP contribution in [0.1, 0.15) is 67.0 Å². The van der Waals surface area contributed by atoms with Crippen LogP contribution in [-0.2, 0) is 16.0 Å². The summed E-state index contributed by atoms with van der Waals surface area (Å²) in [5.41, 5.74) is 2.16. The number of hydrogen-bond acceptors (Lipinski definition) is 4. The Morgan fingerprint density at radius 2 is 1.88 bits per heavy atom. The van der Waals surface area contributed by atoms with Gasteiger partial charge in [-0.05, 0) is 50.2 Å². The van der Waals surface area contributed by atoms with Gasteiger partial charge in [0.1, 0.15) is 11.5 Å². The Hall–Kier alpha value is -1.97. The number of carbonyl (C=O) groups excluding carboxylic acids is 1. The molecular weight excluding hydrogens is 328 g/mol. The Labute approximate surface area is 161 Å². The summed E-state index contributed by atoms with van der Waals surface area (Å²) >= 11 is 0. The first-order valence-electron chi connectivity index (χ1n) is 10.8. The van der Waals surface area contributed by atoms with Gasteiger partial charge in [0.2, 0.25) is 0 Å². The van der Waals surface area contributed by atoms with E-state index in [-0.39, 0.29) is 5.97 Å². The minimum atomic E-state index is -2.19. The number of carbonyl (C=O) groups is 1. The first-order valence-corrected chi connectivity index (χ1v) is 9.30. The van der Waals surface area contributed by atoms with Crippen molar-refractivity contribution in [2.24, 2.45) is 5.92 Å². The van der Waals surface area contributed by atoms with Crippen molar-refractivity contribution in [3.05, 3.63) is 34.9 Å². The first kappa shape index (κ1) is 16.2. The number of methoxy groups -OCH3 is 3. The van der Waals surface area contributed by atoms with E-state index in [9.17, 15) is 4.79 Å². The predicted molar refractivity (Wildman–Crippen MR) is 104 cm³/mol. The Kier molecular flexibility index (Phi) is 6.02. The van der Waals surface area contributed by atoms with Crippen LogP contribution in [0.5, 0.6) is 11.5 Å². The molecule has 0 saturated heterocycles. The van der Waals surface area contributed by atoms with Gasteiger partial charge in [0.25, 0.3) is 0 Å². The van der Waals surface area contributed by atoms with Crippen molar-refractivity contribution in [3.63, 3.8) is 0 Å². The highest BCUT2D eigenvalue weighted by Gasteiger charge is 2.35. The number of allylic oxidation sites excluding steroid dienone is 2. The van der Waals surface area contributed by atoms with E-state index < -0.39 is 18.7 Å². The summed E-state index contributed by atoms with van der Waals surface area (Å²) in [7, 11) is 4.52. The van der Waals surface area contributed by atoms with Crippen molar-refractivity contribution in [1.82, 2.24) is 0 Å². The second-order valence-electron chi connectivity index (χ2n) is 6.76. The standard InChI is InChI=1S/C22H32O4/c1-6-7-8-9-16-13-19(24-3)21(20(14-16)25-4)18-12-15(2)10-11-17(18)22(23)26-5/h12-14,17-18H,6-11H2,1-5H3/t17-,18-/m1/s1/i2D3. The zero-order valence-electron chi connectivity index (χ0n) is 19.3. The Balaban J connectivity index is 2.57. The molecule has 0 spiro atoms. The van der Waals surface area contributed by atoms with Gasteiger partial charge in [0.05, 0.1) is 27.2 Å². The summed E-state index contributed by atoms with van der Waals surface area (Å²) in [5.74, 6) is -0.108. The zero-order valence-corrected chi connectivity index (χ0v) is 16.3. The highest BCUT2D eigenvalue weighted by molar-refractivity contribution is 5.75. The van der Waals surface area contributed by atoms with Crippen LogP contribution < -0.4 is 9.47 Å². The molecule has 144 valence electrons. The number of benzene rings is 1. The van der Waals surface area contributed by atoms with Gasteiger partial charge >= 0.3 is 5.97 Å². The van der Waals surface area contributed by atoms with E-state index in [2.05, 4.69) is 6.92 Å². The van der Waals surface area contributed by atoms with Crippen LogP contribution in [0.4, 0.5) is 0 Å². The maximum Gasteiger partial charge on any atom is 0.309 e. The Bertz CT molecular complexity index is 715. The highest BCUT2D eigenvalue weighted by atomic mass is 16.5. The molecule has 0 amide bonds. The van der Waals surface area contributed by atoms with E-state index in [1.165, 1.54) is 7.11 Å². The van der Waals surface area contributed by atoms with Crippen LogP contribution in [0.2, 0.25) is 0 Å². The Morgan fingerprint density at radius 1 is 1.19 bits per heavy atom. The molecule has 0 radical (unpaired) electrons. The summed E-state index contributed by atoms with van der Waals surface area (Å²) in [6.45, 7) is -0.0327. The summed E-state index contributed by atoms with van der Waals surface area (Å²) < 4.78 is 39.8. The van der Waals surface area contributed by atoms with Crippen molar-refractivity contribution in [1.29, 1.82) is 0 Å². The molecule has 1 aromatic carbocycles. The fourth-order valence-electron chi connectivity index (χ4n) is 3.65. The number of unbranched alkanes of at least 4 members (excludes halogenated alkanes) is 2. The normalized spacial score (nSPS) is 21.8. The third-order valence-electron chi connectivity index (χ3n) is 5.05. The first-order chi connectivity index (χ1) is 13.8. The fourth-order valence-corrected chi connectivity index (χ4v) is 3.65. The average molecular weight is 364 g/mol. The second kappa shape index (κ2) is 9.65. The van der Waals surface area contributed by atoms with Crippen LogP contribution in [-0.4, -0.2) is 27.3 Å². The van der Waals surface area contributed by atoms with E-state index >= 15 is 0 Å². The van der Waals surface area contributed by atoms with E-state index in [4.69, 9.17) is 18.3 Å². The van der Waals surface area contributed by atoms with Crippen LogP contribution in [0.3, 0.4) is 0 Å². The molecule has 0 fully saturated rings. The lowest BCUT2D eigenvalue weighted by atomic mass is 9.76. The molecule has 0 aliphatic heterocycles. The smallest absolute Gasteiger partial charge is 0.309 e. The average Bonchev–Trinajstić information content (AvgIpc) is 2.71. The molecule has 0 aromatic heterocycles. The van der Waals surface area contributed by atoms with Crippen molar-refractivity contribution >= 4 is 5.97 Å². The molecule has 0 heterocycles. The van der Waals surface area contributed by atoms with Gasteiger partial charge < -0.3 is 14.2 Å².